The van der Waals surface area contributed by atoms with Crippen LogP contribution in [-0.2, 0) is 4.79 Å². The number of aliphatic carboxylic acids is 1. The van der Waals surface area contributed by atoms with Gasteiger partial charge in [0.1, 0.15) is 6.04 Å². The van der Waals surface area contributed by atoms with Gasteiger partial charge in [0.05, 0.1) is 5.56 Å². The first-order chi connectivity index (χ1) is 7.45. The number of carboxylic acid groups (broad SMARTS) is 1. The Morgan fingerprint density at radius 2 is 2.06 bits per heavy atom. The van der Waals surface area contributed by atoms with Gasteiger partial charge in [-0.25, -0.2) is 4.79 Å². The van der Waals surface area contributed by atoms with Crippen molar-refractivity contribution in [3.05, 3.63) is 24.0 Å². The van der Waals surface area contributed by atoms with Crippen LogP contribution in [0, 0.1) is 5.92 Å². The number of carboxylic acids is 1. The molecule has 1 rings (SSSR count). The number of likely N-dealkylation sites (N-methyl/N-ethyl adjacent to an activating group) is 1. The quantitative estimate of drug-likeness (QED) is 0.807. The number of carbonyl (C=O) groups excluding carboxylic acids is 1. The van der Waals surface area contributed by atoms with Crippen LogP contribution in [0.2, 0.25) is 0 Å². The summed E-state index contributed by atoms with van der Waals surface area (Å²) in [4.78, 5) is 27.0. The molecule has 0 aliphatic carbocycles. The third-order valence-electron chi connectivity index (χ3n) is 2.47. The maximum atomic E-state index is 11.9. The zero-order chi connectivity index (χ0) is 12.3. The van der Waals surface area contributed by atoms with Crippen LogP contribution in [0.15, 0.2) is 18.5 Å². The van der Waals surface area contributed by atoms with Crippen molar-refractivity contribution in [2.24, 2.45) is 5.92 Å². The maximum Gasteiger partial charge on any atom is 0.326 e. The van der Waals surface area contributed by atoms with E-state index in [4.69, 9.17) is 5.11 Å². The second-order valence-electron chi connectivity index (χ2n) is 4.04. The predicted molar refractivity (Wildman–Crippen MR) is 59.1 cm³/mol. The first kappa shape index (κ1) is 12.3. The van der Waals surface area contributed by atoms with E-state index in [-0.39, 0.29) is 11.8 Å². The number of hydrogen-bond acceptors (Lipinski definition) is 2. The lowest BCUT2D eigenvalue weighted by Gasteiger charge is -2.27. The fourth-order valence-electron chi connectivity index (χ4n) is 1.68. The first-order valence-electron chi connectivity index (χ1n) is 5.08. The summed E-state index contributed by atoms with van der Waals surface area (Å²) in [7, 11) is 1.51. The molecular formula is C11H16N2O3. The number of aromatic amines is 1. The Morgan fingerprint density at radius 3 is 2.44 bits per heavy atom. The monoisotopic (exact) mass is 224 g/mol. The average Bonchev–Trinajstić information content (AvgIpc) is 2.67. The molecule has 0 radical (unpaired) electrons. The van der Waals surface area contributed by atoms with Crippen molar-refractivity contribution in [2.75, 3.05) is 7.05 Å². The maximum absolute atomic E-state index is 11.9. The van der Waals surface area contributed by atoms with Crippen LogP contribution in [0.25, 0.3) is 0 Å². The van der Waals surface area contributed by atoms with Crippen LogP contribution in [0.3, 0.4) is 0 Å². The minimum Gasteiger partial charge on any atom is -0.480 e. The number of nitrogens with zero attached hydrogens (tertiary/aromatic N) is 1. The summed E-state index contributed by atoms with van der Waals surface area (Å²) in [6, 6.07) is 0.820. The molecule has 0 fully saturated rings. The van der Waals surface area contributed by atoms with Gasteiger partial charge >= 0.3 is 5.97 Å². The Bertz CT molecular complexity index is 371. The summed E-state index contributed by atoms with van der Waals surface area (Å²) in [6.07, 6.45) is 3.18. The molecule has 0 saturated heterocycles. The molecule has 0 aliphatic rings. The van der Waals surface area contributed by atoms with Crippen LogP contribution in [0.1, 0.15) is 24.2 Å². The summed E-state index contributed by atoms with van der Waals surface area (Å²) < 4.78 is 0. The van der Waals surface area contributed by atoms with E-state index in [2.05, 4.69) is 4.98 Å². The molecule has 88 valence electrons. The van der Waals surface area contributed by atoms with Gasteiger partial charge in [0.2, 0.25) is 0 Å². The molecule has 2 N–H and O–H groups in total. The fourth-order valence-corrected chi connectivity index (χ4v) is 1.68. The van der Waals surface area contributed by atoms with Crippen LogP contribution >= 0.6 is 0 Å². The van der Waals surface area contributed by atoms with Gasteiger partial charge in [0, 0.05) is 19.4 Å². The molecule has 0 aliphatic heterocycles. The van der Waals surface area contributed by atoms with Crippen molar-refractivity contribution >= 4 is 11.9 Å². The van der Waals surface area contributed by atoms with Gasteiger partial charge in [0.15, 0.2) is 0 Å². The van der Waals surface area contributed by atoms with Crippen molar-refractivity contribution in [3.8, 4) is 0 Å². The molecule has 1 aromatic heterocycles. The fraction of sp³-hybridized carbons (Fsp3) is 0.455. The summed E-state index contributed by atoms with van der Waals surface area (Å²) in [5.74, 6) is -1.41. The molecule has 1 amide bonds. The molecule has 1 heterocycles. The number of aromatic nitrogens is 1. The normalized spacial score (nSPS) is 12.5. The molecule has 5 nitrogen and oxygen atoms in total. The molecule has 5 heteroatoms. The highest BCUT2D eigenvalue weighted by Gasteiger charge is 2.29. The van der Waals surface area contributed by atoms with E-state index >= 15 is 0 Å². The zero-order valence-corrected chi connectivity index (χ0v) is 9.60. The number of hydrogen-bond donors (Lipinski definition) is 2. The van der Waals surface area contributed by atoms with Crippen LogP contribution < -0.4 is 0 Å². The minimum absolute atomic E-state index is 0.134. The lowest BCUT2D eigenvalue weighted by molar-refractivity contribution is -0.143. The second kappa shape index (κ2) is 4.83. The SMILES string of the molecule is CC(C)C(C(=O)O)N(C)C(=O)c1cc[nH]c1. The summed E-state index contributed by atoms with van der Waals surface area (Å²) >= 11 is 0. The number of amides is 1. The lowest BCUT2D eigenvalue weighted by Crippen LogP contribution is -2.45. The summed E-state index contributed by atoms with van der Waals surface area (Å²) in [5.41, 5.74) is 0.467. The van der Waals surface area contributed by atoms with Gasteiger partial charge < -0.3 is 15.0 Å². The van der Waals surface area contributed by atoms with Gasteiger partial charge in [-0.3, -0.25) is 4.79 Å². The van der Waals surface area contributed by atoms with Gasteiger partial charge in [0.25, 0.3) is 5.91 Å². The summed E-state index contributed by atoms with van der Waals surface area (Å²) in [5, 5.41) is 9.06. The van der Waals surface area contributed by atoms with Crippen molar-refractivity contribution in [1.82, 2.24) is 9.88 Å². The predicted octanol–water partition coefficient (Wildman–Crippen LogP) is 1.20. The van der Waals surface area contributed by atoms with Gasteiger partial charge in [-0.15, -0.1) is 0 Å². The first-order valence-corrected chi connectivity index (χ1v) is 5.08. The highest BCUT2D eigenvalue weighted by Crippen LogP contribution is 2.13. The van der Waals surface area contributed by atoms with Crippen LogP contribution in [0.4, 0.5) is 0 Å². The summed E-state index contributed by atoms with van der Waals surface area (Å²) in [6.45, 7) is 3.55. The van der Waals surface area contributed by atoms with E-state index in [1.165, 1.54) is 11.9 Å². The van der Waals surface area contributed by atoms with Crippen LogP contribution in [0.5, 0.6) is 0 Å². The number of H-pyrrole nitrogens is 1. The van der Waals surface area contributed by atoms with Crippen molar-refractivity contribution in [3.63, 3.8) is 0 Å². The van der Waals surface area contributed by atoms with Gasteiger partial charge in [-0.1, -0.05) is 13.8 Å². The third kappa shape index (κ3) is 2.42. The number of rotatable bonds is 4. The highest BCUT2D eigenvalue weighted by molar-refractivity contribution is 5.96. The number of carbonyl (C=O) groups is 2. The van der Waals surface area contributed by atoms with E-state index in [9.17, 15) is 9.59 Å². The molecule has 1 unspecified atom stereocenters. The molecule has 16 heavy (non-hydrogen) atoms. The van der Waals surface area contributed by atoms with Crippen molar-refractivity contribution < 1.29 is 14.7 Å². The molecule has 0 saturated carbocycles. The van der Waals surface area contributed by atoms with E-state index < -0.39 is 12.0 Å². The van der Waals surface area contributed by atoms with Crippen molar-refractivity contribution in [1.29, 1.82) is 0 Å². The second-order valence-corrected chi connectivity index (χ2v) is 4.04. The third-order valence-corrected chi connectivity index (χ3v) is 2.47. The minimum atomic E-state index is -0.985. The molecule has 1 aromatic rings. The Balaban J connectivity index is 2.87. The van der Waals surface area contributed by atoms with E-state index in [0.717, 1.165) is 0 Å². The zero-order valence-electron chi connectivity index (χ0n) is 9.60. The molecular weight excluding hydrogens is 208 g/mol. The highest BCUT2D eigenvalue weighted by atomic mass is 16.4. The van der Waals surface area contributed by atoms with Crippen LogP contribution in [-0.4, -0.2) is 40.0 Å². The smallest absolute Gasteiger partial charge is 0.326 e. The Kier molecular flexibility index (Phi) is 3.71. The Morgan fingerprint density at radius 1 is 1.44 bits per heavy atom. The van der Waals surface area contributed by atoms with Gasteiger partial charge in [-0.05, 0) is 12.0 Å². The molecule has 0 spiro atoms. The van der Waals surface area contributed by atoms with E-state index in [1.54, 1.807) is 32.3 Å². The standard InChI is InChI=1S/C11H16N2O3/c1-7(2)9(11(15)16)13(3)10(14)8-4-5-12-6-8/h4-7,9,12H,1-3H3,(H,15,16). The Hall–Kier alpha value is -1.78. The largest absolute Gasteiger partial charge is 0.480 e. The Labute approximate surface area is 94.1 Å². The topological polar surface area (TPSA) is 73.4 Å². The van der Waals surface area contributed by atoms with Crippen molar-refractivity contribution in [2.45, 2.75) is 19.9 Å². The van der Waals surface area contributed by atoms with E-state index in [1.807, 2.05) is 0 Å². The number of nitrogens with one attached hydrogen (secondary N) is 1. The molecule has 1 atom stereocenters. The average molecular weight is 224 g/mol. The van der Waals surface area contributed by atoms with E-state index in [0.29, 0.717) is 5.56 Å². The van der Waals surface area contributed by atoms with Gasteiger partial charge in [-0.2, -0.15) is 0 Å². The lowest BCUT2D eigenvalue weighted by atomic mass is 10.0. The molecule has 0 bridgehead atoms. The molecule has 0 aromatic carbocycles.